The molecular formula is C88H172O17P2. The number of rotatable bonds is 87. The third-order valence-corrected chi connectivity index (χ3v) is 23.0. The Hall–Kier alpha value is -1.94. The van der Waals surface area contributed by atoms with Crippen molar-refractivity contribution >= 4 is 39.5 Å². The maximum atomic E-state index is 13.2. The minimum absolute atomic E-state index is 0.107. The number of hydrogen-bond acceptors (Lipinski definition) is 15. The molecule has 0 aliphatic carbocycles. The maximum absolute atomic E-state index is 13.2. The van der Waals surface area contributed by atoms with Crippen LogP contribution in [0.4, 0.5) is 0 Å². The topological polar surface area (TPSA) is 237 Å². The Morgan fingerprint density at radius 1 is 0.271 bits per heavy atom. The van der Waals surface area contributed by atoms with E-state index in [2.05, 4.69) is 41.5 Å². The third kappa shape index (κ3) is 80.5. The van der Waals surface area contributed by atoms with Crippen molar-refractivity contribution in [3.05, 3.63) is 0 Å². The summed E-state index contributed by atoms with van der Waals surface area (Å²) in [6, 6.07) is 0. The van der Waals surface area contributed by atoms with Gasteiger partial charge in [-0.1, -0.05) is 420 Å². The average molecular weight is 1560 g/mol. The Labute approximate surface area is 658 Å². The number of esters is 4. The van der Waals surface area contributed by atoms with E-state index in [4.69, 9.17) is 37.0 Å². The summed E-state index contributed by atoms with van der Waals surface area (Å²) < 4.78 is 68.9. The normalized spacial score (nSPS) is 14.0. The number of hydrogen-bond donors (Lipinski definition) is 3. The van der Waals surface area contributed by atoms with Gasteiger partial charge in [-0.25, -0.2) is 9.13 Å². The van der Waals surface area contributed by atoms with E-state index in [1.54, 1.807) is 0 Å². The van der Waals surface area contributed by atoms with Gasteiger partial charge in [0.1, 0.15) is 19.3 Å². The van der Waals surface area contributed by atoms with E-state index in [0.29, 0.717) is 25.7 Å². The minimum atomic E-state index is -4.97. The molecule has 0 spiro atoms. The SMILES string of the molecule is CCCCCCCCCCCCCCCCCCCCCCCC(=O)OC[C@H](COP(=O)(O)OC[C@@H](O)COP(=O)(O)OC[C@@H](COC(=O)CCCCCCCCCCC)OC(=O)CCCCCCCCCCCCCCC(C)C)OC(=O)CCCCCCCCCCCCCCCCCCCCC(C)CC. The van der Waals surface area contributed by atoms with E-state index in [1.165, 1.54) is 289 Å². The van der Waals surface area contributed by atoms with E-state index in [1.807, 2.05) is 0 Å². The molecule has 6 atom stereocenters. The van der Waals surface area contributed by atoms with Crippen LogP contribution in [0.5, 0.6) is 0 Å². The van der Waals surface area contributed by atoms with Crippen LogP contribution in [0.1, 0.15) is 472 Å². The Kier molecular flexibility index (Phi) is 77.9. The molecule has 0 bridgehead atoms. The van der Waals surface area contributed by atoms with Gasteiger partial charge < -0.3 is 33.8 Å². The first kappa shape index (κ1) is 105. The molecule has 0 saturated heterocycles. The summed E-state index contributed by atoms with van der Waals surface area (Å²) in [6.45, 7) is 9.74. The molecule has 0 amide bonds. The van der Waals surface area contributed by atoms with Crippen molar-refractivity contribution in [1.82, 2.24) is 0 Å². The van der Waals surface area contributed by atoms with E-state index < -0.39 is 97.5 Å². The van der Waals surface area contributed by atoms with Crippen molar-refractivity contribution in [2.75, 3.05) is 39.6 Å². The van der Waals surface area contributed by atoms with Gasteiger partial charge in [-0.15, -0.1) is 0 Å². The fourth-order valence-electron chi connectivity index (χ4n) is 13.7. The van der Waals surface area contributed by atoms with Crippen LogP contribution in [0.25, 0.3) is 0 Å². The van der Waals surface area contributed by atoms with Crippen LogP contribution in [0.3, 0.4) is 0 Å². The molecule has 0 fully saturated rings. The molecule has 107 heavy (non-hydrogen) atoms. The molecular weight excluding hydrogens is 1390 g/mol. The van der Waals surface area contributed by atoms with Crippen molar-refractivity contribution in [2.45, 2.75) is 490 Å². The summed E-state index contributed by atoms with van der Waals surface area (Å²) in [5.74, 6) is -0.454. The standard InChI is InChI=1S/C88H172O17P2/c1-7-10-12-14-16-18-19-20-21-22-23-24-25-29-32-35-41-47-53-59-65-71-86(91)99-77-84(105-87(92)72-66-60-54-48-42-36-33-30-27-26-28-31-34-40-46-51-57-63-69-81(6)9-3)79-103-107(96,97)101-75-82(89)74-100-106(94,95)102-78-83(76-98-85(90)70-64-58-52-44-17-15-13-11-8-2)104-88(93)73-67-61-55-49-43-38-37-39-45-50-56-62-68-80(4)5/h80-84,89H,7-79H2,1-6H3,(H,94,95)(H,96,97)/t81?,82-,83+,84+/m0/s1. The third-order valence-electron chi connectivity index (χ3n) is 21.1. The molecule has 0 radical (unpaired) electrons. The van der Waals surface area contributed by atoms with E-state index in [-0.39, 0.29) is 25.7 Å². The zero-order valence-electron chi connectivity index (χ0n) is 70.5. The molecule has 0 aromatic rings. The Bertz CT molecular complexity index is 2050. The number of phosphoric ester groups is 2. The van der Waals surface area contributed by atoms with Gasteiger partial charge in [0, 0.05) is 25.7 Å². The summed E-state index contributed by atoms with van der Waals surface area (Å²) in [7, 11) is -9.93. The molecule has 0 rings (SSSR count). The second kappa shape index (κ2) is 79.3. The average Bonchev–Trinajstić information content (AvgIpc) is 0.901. The number of carbonyl (C=O) groups is 4. The fourth-order valence-corrected chi connectivity index (χ4v) is 15.3. The van der Waals surface area contributed by atoms with Gasteiger partial charge in [0.15, 0.2) is 12.2 Å². The Morgan fingerprint density at radius 3 is 0.710 bits per heavy atom. The Balaban J connectivity index is 5.19. The molecule has 0 aliphatic rings. The van der Waals surface area contributed by atoms with Crippen LogP contribution in [0.15, 0.2) is 0 Å². The van der Waals surface area contributed by atoms with Crippen LogP contribution >= 0.6 is 15.6 Å². The second-order valence-electron chi connectivity index (χ2n) is 32.4. The second-order valence-corrected chi connectivity index (χ2v) is 35.3. The fraction of sp³-hybridized carbons (Fsp3) is 0.955. The maximum Gasteiger partial charge on any atom is 0.472 e. The first-order valence-electron chi connectivity index (χ1n) is 45.5. The monoisotopic (exact) mass is 1560 g/mol. The lowest BCUT2D eigenvalue weighted by molar-refractivity contribution is -0.161. The lowest BCUT2D eigenvalue weighted by atomic mass is 9.99. The molecule has 0 saturated carbocycles. The first-order chi connectivity index (χ1) is 51.9. The van der Waals surface area contributed by atoms with Gasteiger partial charge in [0.05, 0.1) is 26.4 Å². The molecule has 0 aromatic heterocycles. The molecule has 19 heteroatoms. The van der Waals surface area contributed by atoms with Gasteiger partial charge in [0.25, 0.3) is 0 Å². The van der Waals surface area contributed by atoms with Gasteiger partial charge >= 0.3 is 39.5 Å². The quantitative estimate of drug-likeness (QED) is 0.0222. The number of phosphoric acid groups is 2. The van der Waals surface area contributed by atoms with Gasteiger partial charge in [-0.2, -0.15) is 0 Å². The zero-order chi connectivity index (χ0) is 78.5. The van der Waals surface area contributed by atoms with Crippen LogP contribution in [0, 0.1) is 11.8 Å². The lowest BCUT2D eigenvalue weighted by Gasteiger charge is -2.21. The summed E-state index contributed by atoms with van der Waals surface area (Å²) in [4.78, 5) is 73.2. The largest absolute Gasteiger partial charge is 0.472 e. The van der Waals surface area contributed by atoms with E-state index >= 15 is 0 Å². The van der Waals surface area contributed by atoms with Crippen LogP contribution in [-0.2, 0) is 65.4 Å². The van der Waals surface area contributed by atoms with Gasteiger partial charge in [-0.3, -0.25) is 37.3 Å². The Morgan fingerprint density at radius 2 is 0.477 bits per heavy atom. The van der Waals surface area contributed by atoms with Crippen molar-refractivity contribution in [1.29, 1.82) is 0 Å². The molecule has 0 aliphatic heterocycles. The highest BCUT2D eigenvalue weighted by Crippen LogP contribution is 2.45. The first-order valence-corrected chi connectivity index (χ1v) is 48.5. The zero-order valence-corrected chi connectivity index (χ0v) is 72.2. The van der Waals surface area contributed by atoms with Gasteiger partial charge in [-0.05, 0) is 37.5 Å². The smallest absolute Gasteiger partial charge is 0.462 e. The van der Waals surface area contributed by atoms with Crippen LogP contribution in [-0.4, -0.2) is 96.7 Å². The highest BCUT2D eigenvalue weighted by molar-refractivity contribution is 7.47. The minimum Gasteiger partial charge on any atom is -0.462 e. The van der Waals surface area contributed by atoms with Crippen molar-refractivity contribution in [2.24, 2.45) is 11.8 Å². The molecule has 0 aromatic carbocycles. The molecule has 3 unspecified atom stereocenters. The van der Waals surface area contributed by atoms with Crippen molar-refractivity contribution in [3.63, 3.8) is 0 Å². The lowest BCUT2D eigenvalue weighted by Crippen LogP contribution is -2.30. The summed E-state index contributed by atoms with van der Waals surface area (Å²) >= 11 is 0. The summed E-state index contributed by atoms with van der Waals surface area (Å²) in [5, 5.41) is 10.7. The molecule has 0 heterocycles. The van der Waals surface area contributed by atoms with Crippen LogP contribution < -0.4 is 0 Å². The number of ether oxygens (including phenoxy) is 4. The summed E-state index contributed by atoms with van der Waals surface area (Å²) in [6.07, 6.45) is 72.3. The number of unbranched alkanes of at least 4 members (excludes halogenated alkanes) is 56. The highest BCUT2D eigenvalue weighted by Gasteiger charge is 2.31. The van der Waals surface area contributed by atoms with E-state index in [0.717, 1.165) is 102 Å². The van der Waals surface area contributed by atoms with Crippen molar-refractivity contribution < 1.29 is 80.2 Å². The predicted molar refractivity (Wildman–Crippen MR) is 442 cm³/mol. The number of carbonyl (C=O) groups excluding carboxylic acids is 4. The summed E-state index contributed by atoms with van der Waals surface area (Å²) in [5.41, 5.74) is 0. The number of aliphatic hydroxyl groups is 1. The molecule has 636 valence electrons. The number of aliphatic hydroxyl groups excluding tert-OH is 1. The molecule has 17 nitrogen and oxygen atoms in total. The predicted octanol–water partition coefficient (Wildman–Crippen LogP) is 27.0. The molecule has 3 N–H and O–H groups in total. The van der Waals surface area contributed by atoms with Crippen molar-refractivity contribution in [3.8, 4) is 0 Å². The van der Waals surface area contributed by atoms with Gasteiger partial charge in [0.2, 0.25) is 0 Å². The van der Waals surface area contributed by atoms with E-state index in [9.17, 15) is 43.2 Å². The van der Waals surface area contributed by atoms with Crippen LogP contribution in [0.2, 0.25) is 0 Å². The highest BCUT2D eigenvalue weighted by atomic mass is 31.2.